The van der Waals surface area contributed by atoms with Gasteiger partial charge in [-0.1, -0.05) is 18.2 Å². The van der Waals surface area contributed by atoms with Crippen molar-refractivity contribution >= 4 is 11.4 Å². The Hall–Kier alpha value is -2.03. The minimum absolute atomic E-state index is 0.732. The van der Waals surface area contributed by atoms with Crippen LogP contribution in [0.15, 0.2) is 42.6 Å². The molecule has 0 aliphatic rings. The first-order chi connectivity index (χ1) is 7.75. The molecule has 0 aliphatic heterocycles. The van der Waals surface area contributed by atoms with E-state index < -0.39 is 0 Å². The predicted octanol–water partition coefficient (Wildman–Crippen LogP) is 2.58. The number of nitrogens with one attached hydrogen (secondary N) is 1. The fraction of sp³-hybridized carbons (Fsp3) is 0.154. The summed E-state index contributed by atoms with van der Waals surface area (Å²) in [5.74, 6) is 0. The van der Waals surface area contributed by atoms with Gasteiger partial charge in [-0.05, 0) is 30.7 Å². The highest BCUT2D eigenvalue weighted by atomic mass is 14.9. The van der Waals surface area contributed by atoms with Crippen LogP contribution in [0.1, 0.15) is 11.3 Å². The summed E-state index contributed by atoms with van der Waals surface area (Å²) < 4.78 is 0. The van der Waals surface area contributed by atoms with E-state index in [4.69, 9.17) is 5.73 Å². The number of anilines is 2. The van der Waals surface area contributed by atoms with E-state index in [1.54, 1.807) is 6.20 Å². The molecule has 0 bridgehead atoms. The zero-order valence-electron chi connectivity index (χ0n) is 9.27. The monoisotopic (exact) mass is 213 g/mol. The van der Waals surface area contributed by atoms with E-state index in [9.17, 15) is 0 Å². The molecule has 0 spiro atoms. The molecule has 0 saturated carbocycles. The molecular weight excluding hydrogens is 198 g/mol. The van der Waals surface area contributed by atoms with Crippen LogP contribution in [0, 0.1) is 6.92 Å². The summed E-state index contributed by atoms with van der Waals surface area (Å²) in [7, 11) is 0. The molecule has 3 heteroatoms. The number of nitrogen functional groups attached to an aromatic ring is 1. The molecule has 0 unspecified atom stereocenters. The molecule has 2 aromatic rings. The molecule has 82 valence electrons. The lowest BCUT2D eigenvalue weighted by Gasteiger charge is -2.08. The quantitative estimate of drug-likeness (QED) is 0.770. The van der Waals surface area contributed by atoms with Crippen molar-refractivity contribution in [2.75, 3.05) is 11.1 Å². The minimum Gasteiger partial charge on any atom is -0.398 e. The second-order valence-electron chi connectivity index (χ2n) is 3.74. The molecule has 1 aromatic heterocycles. The molecule has 2 rings (SSSR count). The second-order valence-corrected chi connectivity index (χ2v) is 3.74. The van der Waals surface area contributed by atoms with Gasteiger partial charge in [0.15, 0.2) is 0 Å². The zero-order chi connectivity index (χ0) is 11.4. The standard InChI is InChI=1S/C13H15N3/c1-10-8-12(6-7-15-10)16-9-11-4-2-3-5-13(11)14/h2-8H,9,14H2,1H3,(H,15,16). The Kier molecular flexibility index (Phi) is 3.05. The van der Waals surface area contributed by atoms with E-state index >= 15 is 0 Å². The Balaban J connectivity index is 2.05. The van der Waals surface area contributed by atoms with E-state index in [1.807, 2.05) is 43.3 Å². The van der Waals surface area contributed by atoms with Crippen LogP contribution in [0.5, 0.6) is 0 Å². The van der Waals surface area contributed by atoms with Gasteiger partial charge in [-0.15, -0.1) is 0 Å². The summed E-state index contributed by atoms with van der Waals surface area (Å²) in [5.41, 5.74) is 9.86. The van der Waals surface area contributed by atoms with Crippen molar-refractivity contribution in [2.45, 2.75) is 13.5 Å². The molecule has 3 nitrogen and oxygen atoms in total. The molecule has 16 heavy (non-hydrogen) atoms. The molecule has 0 radical (unpaired) electrons. The number of nitrogens with zero attached hydrogens (tertiary/aromatic N) is 1. The lowest BCUT2D eigenvalue weighted by atomic mass is 10.2. The number of aryl methyl sites for hydroxylation is 1. The maximum Gasteiger partial charge on any atom is 0.0421 e. The van der Waals surface area contributed by atoms with Crippen molar-refractivity contribution < 1.29 is 0 Å². The summed E-state index contributed by atoms with van der Waals surface area (Å²) in [6, 6.07) is 11.8. The fourth-order valence-electron chi connectivity index (χ4n) is 1.55. The van der Waals surface area contributed by atoms with Crippen LogP contribution in [0.2, 0.25) is 0 Å². The first-order valence-corrected chi connectivity index (χ1v) is 5.25. The van der Waals surface area contributed by atoms with Crippen LogP contribution < -0.4 is 11.1 Å². The van der Waals surface area contributed by atoms with Crippen molar-refractivity contribution in [3.8, 4) is 0 Å². The van der Waals surface area contributed by atoms with Gasteiger partial charge in [-0.2, -0.15) is 0 Å². The van der Waals surface area contributed by atoms with Crippen molar-refractivity contribution in [2.24, 2.45) is 0 Å². The Labute approximate surface area is 95.3 Å². The van der Waals surface area contributed by atoms with Gasteiger partial charge < -0.3 is 11.1 Å². The molecule has 1 aromatic carbocycles. The van der Waals surface area contributed by atoms with Gasteiger partial charge in [0.1, 0.15) is 0 Å². The maximum atomic E-state index is 5.86. The fourth-order valence-corrected chi connectivity index (χ4v) is 1.55. The maximum absolute atomic E-state index is 5.86. The van der Waals surface area contributed by atoms with E-state index in [0.29, 0.717) is 0 Å². The predicted molar refractivity (Wildman–Crippen MR) is 67.2 cm³/mol. The Bertz CT molecular complexity index is 480. The van der Waals surface area contributed by atoms with Crippen LogP contribution in [0.25, 0.3) is 0 Å². The van der Waals surface area contributed by atoms with Gasteiger partial charge in [-0.3, -0.25) is 4.98 Å². The lowest BCUT2D eigenvalue weighted by Crippen LogP contribution is -2.02. The van der Waals surface area contributed by atoms with E-state index in [2.05, 4.69) is 10.3 Å². The number of para-hydroxylation sites is 1. The number of benzene rings is 1. The highest BCUT2D eigenvalue weighted by molar-refractivity contribution is 5.50. The molecule has 0 aliphatic carbocycles. The van der Waals surface area contributed by atoms with Crippen LogP contribution in [0.4, 0.5) is 11.4 Å². The van der Waals surface area contributed by atoms with Gasteiger partial charge >= 0.3 is 0 Å². The van der Waals surface area contributed by atoms with Crippen molar-refractivity contribution in [3.05, 3.63) is 53.9 Å². The molecule has 0 saturated heterocycles. The van der Waals surface area contributed by atoms with Crippen LogP contribution in [0.3, 0.4) is 0 Å². The van der Waals surface area contributed by atoms with Crippen LogP contribution in [-0.4, -0.2) is 4.98 Å². The molecule has 1 heterocycles. The first-order valence-electron chi connectivity index (χ1n) is 5.25. The number of hydrogen-bond donors (Lipinski definition) is 2. The van der Waals surface area contributed by atoms with Gasteiger partial charge in [0.2, 0.25) is 0 Å². The van der Waals surface area contributed by atoms with Crippen LogP contribution >= 0.6 is 0 Å². The Morgan fingerprint density at radius 3 is 2.81 bits per heavy atom. The average molecular weight is 213 g/mol. The minimum atomic E-state index is 0.732. The Morgan fingerprint density at radius 2 is 2.06 bits per heavy atom. The number of pyridine rings is 1. The zero-order valence-corrected chi connectivity index (χ0v) is 9.27. The molecule has 0 amide bonds. The topological polar surface area (TPSA) is 50.9 Å². The number of hydrogen-bond acceptors (Lipinski definition) is 3. The summed E-state index contributed by atoms with van der Waals surface area (Å²) in [5, 5.41) is 3.32. The highest BCUT2D eigenvalue weighted by Crippen LogP contribution is 2.14. The number of nitrogens with two attached hydrogens (primary N) is 1. The van der Waals surface area contributed by atoms with Crippen molar-refractivity contribution in [1.82, 2.24) is 4.98 Å². The van der Waals surface area contributed by atoms with E-state index in [0.717, 1.165) is 29.2 Å². The normalized spacial score (nSPS) is 10.1. The number of aromatic nitrogens is 1. The van der Waals surface area contributed by atoms with Gasteiger partial charge in [0.25, 0.3) is 0 Å². The summed E-state index contributed by atoms with van der Waals surface area (Å²) >= 11 is 0. The molecular formula is C13H15N3. The van der Waals surface area contributed by atoms with E-state index in [1.165, 1.54) is 0 Å². The number of rotatable bonds is 3. The third kappa shape index (κ3) is 2.51. The van der Waals surface area contributed by atoms with Crippen molar-refractivity contribution in [3.63, 3.8) is 0 Å². The second kappa shape index (κ2) is 4.66. The highest BCUT2D eigenvalue weighted by Gasteiger charge is 1.97. The van der Waals surface area contributed by atoms with Gasteiger partial charge in [0.05, 0.1) is 0 Å². The third-order valence-corrected chi connectivity index (χ3v) is 2.43. The van der Waals surface area contributed by atoms with Gasteiger partial charge in [-0.25, -0.2) is 0 Å². The smallest absolute Gasteiger partial charge is 0.0421 e. The van der Waals surface area contributed by atoms with E-state index in [-0.39, 0.29) is 0 Å². The van der Waals surface area contributed by atoms with Gasteiger partial charge in [0, 0.05) is 29.8 Å². The molecule has 0 atom stereocenters. The SMILES string of the molecule is Cc1cc(NCc2ccccc2N)ccn1. The van der Waals surface area contributed by atoms with Crippen LogP contribution in [-0.2, 0) is 6.54 Å². The average Bonchev–Trinajstić information content (AvgIpc) is 2.28. The molecule has 0 fully saturated rings. The largest absolute Gasteiger partial charge is 0.398 e. The Morgan fingerprint density at radius 1 is 1.25 bits per heavy atom. The summed E-state index contributed by atoms with van der Waals surface area (Å²) in [4.78, 5) is 4.15. The lowest BCUT2D eigenvalue weighted by molar-refractivity contribution is 1.13. The third-order valence-electron chi connectivity index (χ3n) is 2.43. The summed E-state index contributed by atoms with van der Waals surface area (Å²) in [6.45, 7) is 2.71. The summed E-state index contributed by atoms with van der Waals surface area (Å²) in [6.07, 6.45) is 1.80. The first kappa shape index (κ1) is 10.5. The molecule has 3 N–H and O–H groups in total. The van der Waals surface area contributed by atoms with Crippen molar-refractivity contribution in [1.29, 1.82) is 0 Å².